The summed E-state index contributed by atoms with van der Waals surface area (Å²) in [7, 11) is 0. The second-order valence-corrected chi connectivity index (χ2v) is 2.96. The molecule has 0 bridgehead atoms. The number of carbonyl (C=O) groups is 2. The molecule has 0 rings (SSSR count). The number of unbranched alkanes of at least 4 members (excludes halogenated alkanes) is 1. The van der Waals surface area contributed by atoms with Crippen LogP contribution in [-0.4, -0.2) is 36.9 Å². The Bertz CT molecular complexity index is 190. The van der Waals surface area contributed by atoms with Gasteiger partial charge in [-0.05, 0) is 19.8 Å². The number of rotatable bonds is 8. The first kappa shape index (κ1) is 13.9. The van der Waals surface area contributed by atoms with Crippen LogP contribution < -0.4 is 0 Å². The van der Waals surface area contributed by atoms with E-state index in [2.05, 4.69) is 4.74 Å². The molecule has 0 amide bonds. The number of ether oxygens (including phenoxy) is 2. The van der Waals surface area contributed by atoms with Gasteiger partial charge in [-0.3, -0.25) is 9.59 Å². The highest BCUT2D eigenvalue weighted by molar-refractivity contribution is 5.77. The van der Waals surface area contributed by atoms with Crippen LogP contribution in [0.2, 0.25) is 0 Å². The minimum atomic E-state index is -0.402. The molecule has 88 valence electrons. The summed E-state index contributed by atoms with van der Waals surface area (Å²) in [6, 6.07) is 0. The summed E-state index contributed by atoms with van der Waals surface area (Å²) in [6.07, 6.45) is 1.37. The Balaban J connectivity index is 3.36. The fourth-order valence-corrected chi connectivity index (χ4v) is 0.909. The Morgan fingerprint density at radius 2 is 1.67 bits per heavy atom. The molecule has 0 aromatic rings. The molecule has 0 radical (unpaired) electrons. The lowest BCUT2D eigenvalue weighted by molar-refractivity contribution is -0.150. The van der Waals surface area contributed by atoms with E-state index < -0.39 is 5.97 Å². The Labute approximate surface area is 89.4 Å². The Hall–Kier alpha value is -1.10. The molecule has 0 aliphatic carbocycles. The predicted molar refractivity (Wildman–Crippen MR) is 53.1 cm³/mol. The molecular weight excluding hydrogens is 200 g/mol. The summed E-state index contributed by atoms with van der Waals surface area (Å²) in [4.78, 5) is 21.9. The van der Waals surface area contributed by atoms with Crippen molar-refractivity contribution in [1.82, 2.24) is 0 Å². The molecule has 0 atom stereocenters. The first-order valence-electron chi connectivity index (χ1n) is 5.12. The van der Waals surface area contributed by atoms with Gasteiger partial charge in [0.05, 0.1) is 26.1 Å². The van der Waals surface area contributed by atoms with E-state index in [1.54, 1.807) is 6.92 Å². The summed E-state index contributed by atoms with van der Waals surface area (Å²) in [5.41, 5.74) is 0. The largest absolute Gasteiger partial charge is 0.466 e. The first-order chi connectivity index (χ1) is 7.20. The number of carbonyl (C=O) groups excluding carboxylic acids is 2. The van der Waals surface area contributed by atoms with E-state index in [-0.39, 0.29) is 25.4 Å². The normalized spacial score (nSPS) is 9.73. The van der Waals surface area contributed by atoms with E-state index in [1.165, 1.54) is 0 Å². The summed E-state index contributed by atoms with van der Waals surface area (Å²) in [6.45, 7) is 2.43. The number of hydrogen-bond acceptors (Lipinski definition) is 5. The minimum Gasteiger partial charge on any atom is -0.466 e. The van der Waals surface area contributed by atoms with Crippen molar-refractivity contribution in [3.63, 3.8) is 0 Å². The topological polar surface area (TPSA) is 72.8 Å². The van der Waals surface area contributed by atoms with E-state index >= 15 is 0 Å². The van der Waals surface area contributed by atoms with Gasteiger partial charge < -0.3 is 14.6 Å². The van der Waals surface area contributed by atoms with Crippen LogP contribution in [0.25, 0.3) is 0 Å². The van der Waals surface area contributed by atoms with Gasteiger partial charge >= 0.3 is 11.9 Å². The maximum absolute atomic E-state index is 11.0. The van der Waals surface area contributed by atoms with Crippen LogP contribution in [0, 0.1) is 0 Å². The number of aliphatic hydroxyl groups is 1. The van der Waals surface area contributed by atoms with Gasteiger partial charge in [0.15, 0.2) is 0 Å². The first-order valence-corrected chi connectivity index (χ1v) is 5.12. The van der Waals surface area contributed by atoms with Crippen molar-refractivity contribution in [2.75, 3.05) is 19.8 Å². The summed E-state index contributed by atoms with van der Waals surface area (Å²) in [5, 5.41) is 8.47. The highest BCUT2D eigenvalue weighted by Gasteiger charge is 2.07. The predicted octanol–water partition coefficient (Wildman–Crippen LogP) is 0.645. The fourth-order valence-electron chi connectivity index (χ4n) is 0.909. The fraction of sp³-hybridized carbons (Fsp3) is 0.800. The lowest BCUT2D eigenvalue weighted by Gasteiger charge is -2.03. The van der Waals surface area contributed by atoms with Crippen molar-refractivity contribution < 1.29 is 24.2 Å². The third kappa shape index (κ3) is 9.21. The van der Waals surface area contributed by atoms with Gasteiger partial charge in [0, 0.05) is 6.61 Å². The zero-order valence-electron chi connectivity index (χ0n) is 9.03. The molecule has 5 nitrogen and oxygen atoms in total. The van der Waals surface area contributed by atoms with Crippen LogP contribution >= 0.6 is 0 Å². The van der Waals surface area contributed by atoms with Crippen molar-refractivity contribution in [1.29, 1.82) is 0 Å². The molecule has 0 aromatic carbocycles. The molecule has 0 aliphatic heterocycles. The van der Waals surface area contributed by atoms with E-state index in [4.69, 9.17) is 9.84 Å². The van der Waals surface area contributed by atoms with Gasteiger partial charge in [-0.15, -0.1) is 0 Å². The molecule has 0 fully saturated rings. The molecule has 0 saturated carbocycles. The van der Waals surface area contributed by atoms with Crippen LogP contribution in [0.1, 0.15) is 32.6 Å². The maximum Gasteiger partial charge on any atom is 0.306 e. The van der Waals surface area contributed by atoms with Crippen LogP contribution in [0.4, 0.5) is 0 Å². The second kappa shape index (κ2) is 9.45. The van der Waals surface area contributed by atoms with Crippen molar-refractivity contribution in [2.24, 2.45) is 0 Å². The number of aliphatic hydroxyl groups excluding tert-OH is 1. The average molecular weight is 218 g/mol. The van der Waals surface area contributed by atoms with Crippen molar-refractivity contribution in [2.45, 2.75) is 32.6 Å². The smallest absolute Gasteiger partial charge is 0.306 e. The van der Waals surface area contributed by atoms with Crippen molar-refractivity contribution >= 4 is 11.9 Å². The molecule has 15 heavy (non-hydrogen) atoms. The zero-order chi connectivity index (χ0) is 11.5. The van der Waals surface area contributed by atoms with Gasteiger partial charge in [-0.2, -0.15) is 0 Å². The highest BCUT2D eigenvalue weighted by Crippen LogP contribution is 1.97. The molecule has 0 saturated heterocycles. The van der Waals surface area contributed by atoms with Crippen molar-refractivity contribution in [3.05, 3.63) is 0 Å². The quantitative estimate of drug-likeness (QED) is 0.478. The van der Waals surface area contributed by atoms with E-state index in [0.29, 0.717) is 26.1 Å². The van der Waals surface area contributed by atoms with Crippen LogP contribution in [0.15, 0.2) is 0 Å². The van der Waals surface area contributed by atoms with Gasteiger partial charge in [-0.25, -0.2) is 0 Å². The minimum absolute atomic E-state index is 0.0535. The number of hydrogen-bond donors (Lipinski definition) is 1. The van der Waals surface area contributed by atoms with Crippen LogP contribution in [0.5, 0.6) is 0 Å². The lowest BCUT2D eigenvalue weighted by Crippen LogP contribution is -2.10. The molecule has 0 aromatic heterocycles. The van der Waals surface area contributed by atoms with E-state index in [1.807, 2.05) is 0 Å². The highest BCUT2D eigenvalue weighted by atomic mass is 16.5. The van der Waals surface area contributed by atoms with Crippen molar-refractivity contribution in [3.8, 4) is 0 Å². The summed E-state index contributed by atoms with van der Waals surface area (Å²) >= 11 is 0. The van der Waals surface area contributed by atoms with Gasteiger partial charge in [0.2, 0.25) is 0 Å². The second-order valence-electron chi connectivity index (χ2n) is 2.96. The third-order valence-electron chi connectivity index (χ3n) is 1.65. The maximum atomic E-state index is 11.0. The Morgan fingerprint density at radius 1 is 1.07 bits per heavy atom. The van der Waals surface area contributed by atoms with E-state index in [9.17, 15) is 9.59 Å². The Morgan fingerprint density at radius 3 is 2.20 bits per heavy atom. The molecule has 5 heteroatoms. The molecule has 0 unspecified atom stereocenters. The monoisotopic (exact) mass is 218 g/mol. The molecular formula is C10H18O5. The standard InChI is InChI=1S/C10H18O5/c1-2-14-9(12)5-6-10(13)15-8-4-3-7-11/h11H,2-8H2,1H3. The molecule has 0 heterocycles. The van der Waals surface area contributed by atoms with Crippen LogP contribution in [-0.2, 0) is 19.1 Å². The van der Waals surface area contributed by atoms with Gasteiger partial charge in [-0.1, -0.05) is 0 Å². The van der Waals surface area contributed by atoms with Gasteiger partial charge in [0.1, 0.15) is 0 Å². The third-order valence-corrected chi connectivity index (χ3v) is 1.65. The lowest BCUT2D eigenvalue weighted by atomic mass is 10.3. The molecule has 0 spiro atoms. The molecule has 0 aliphatic rings. The average Bonchev–Trinajstić information content (AvgIpc) is 2.22. The number of esters is 2. The zero-order valence-corrected chi connectivity index (χ0v) is 9.03. The van der Waals surface area contributed by atoms with Crippen LogP contribution in [0.3, 0.4) is 0 Å². The SMILES string of the molecule is CCOC(=O)CCC(=O)OCCCCO. The Kier molecular flexibility index (Phi) is 8.76. The van der Waals surface area contributed by atoms with Gasteiger partial charge in [0.25, 0.3) is 0 Å². The van der Waals surface area contributed by atoms with E-state index in [0.717, 1.165) is 0 Å². The summed E-state index contributed by atoms with van der Waals surface area (Å²) in [5.74, 6) is -0.786. The summed E-state index contributed by atoms with van der Waals surface area (Å²) < 4.78 is 9.47. The molecule has 1 N–H and O–H groups in total.